The molecule has 1 nitrogen and oxygen atoms in total. The lowest BCUT2D eigenvalue weighted by atomic mass is 9.86. The predicted molar refractivity (Wildman–Crippen MR) is 106 cm³/mol. The molecule has 0 spiro atoms. The predicted octanol–water partition coefficient (Wildman–Crippen LogP) is 4.55. The summed E-state index contributed by atoms with van der Waals surface area (Å²) in [4.78, 5) is 2.38. The molecule has 4 aromatic rings. The molecule has 4 aromatic carbocycles. The van der Waals surface area contributed by atoms with Crippen LogP contribution in [0, 0.1) is 0 Å². The van der Waals surface area contributed by atoms with Gasteiger partial charge >= 0.3 is 0 Å². The number of nitrogens with zero attached hydrogens (tertiary/aromatic N) is 1. The van der Waals surface area contributed by atoms with Crippen molar-refractivity contribution in [2.45, 2.75) is 0 Å². The highest BCUT2D eigenvalue weighted by Crippen LogP contribution is 2.50. The van der Waals surface area contributed by atoms with Crippen molar-refractivity contribution in [3.8, 4) is 11.1 Å². The van der Waals surface area contributed by atoms with Crippen molar-refractivity contribution in [2.75, 3.05) is 4.90 Å². The summed E-state index contributed by atoms with van der Waals surface area (Å²) in [6.07, 6.45) is 0. The van der Waals surface area contributed by atoms with Crippen molar-refractivity contribution in [1.29, 1.82) is 0 Å². The van der Waals surface area contributed by atoms with E-state index in [1.165, 1.54) is 44.4 Å². The van der Waals surface area contributed by atoms with Crippen molar-refractivity contribution >= 4 is 41.1 Å². The Bertz CT molecular complexity index is 1060. The van der Waals surface area contributed by atoms with Gasteiger partial charge in [0.15, 0.2) is 0 Å². The lowest BCUT2D eigenvalue weighted by Gasteiger charge is -2.33. The molecule has 0 saturated heterocycles. The largest absolute Gasteiger partial charge is 0.309 e. The first-order valence-corrected chi connectivity index (χ1v) is 8.31. The van der Waals surface area contributed by atoms with Gasteiger partial charge in [-0.25, -0.2) is 0 Å². The molecule has 0 atom stereocenters. The zero-order valence-electron chi connectivity index (χ0n) is 13.5. The van der Waals surface area contributed by atoms with E-state index < -0.39 is 0 Å². The number of fused-ring (bicyclic) bond motifs is 2. The second-order valence-electron chi connectivity index (χ2n) is 6.37. The Morgan fingerprint density at radius 3 is 2.25 bits per heavy atom. The van der Waals surface area contributed by atoms with E-state index in [1.54, 1.807) is 0 Å². The summed E-state index contributed by atoms with van der Waals surface area (Å²) < 4.78 is 0. The molecule has 1 aliphatic rings. The minimum absolute atomic E-state index is 1.20. The van der Waals surface area contributed by atoms with Gasteiger partial charge in [0, 0.05) is 16.6 Å². The van der Waals surface area contributed by atoms with Gasteiger partial charge in [-0.05, 0) is 35.2 Å². The minimum atomic E-state index is 1.20. The fourth-order valence-electron chi connectivity index (χ4n) is 3.78. The van der Waals surface area contributed by atoms with E-state index in [2.05, 4.69) is 97.7 Å². The van der Waals surface area contributed by atoms with Crippen LogP contribution < -0.4 is 10.4 Å². The van der Waals surface area contributed by atoms with Crippen molar-refractivity contribution in [2.24, 2.45) is 0 Å². The van der Waals surface area contributed by atoms with Crippen LogP contribution in [0.4, 0.5) is 17.1 Å². The van der Waals surface area contributed by atoms with Gasteiger partial charge in [-0.15, -0.1) is 0 Å². The Morgan fingerprint density at radius 2 is 1.42 bits per heavy atom. The molecule has 0 N–H and O–H groups in total. The molecule has 0 fully saturated rings. The molecule has 0 radical (unpaired) electrons. The highest BCUT2D eigenvalue weighted by atomic mass is 15.1. The van der Waals surface area contributed by atoms with Crippen LogP contribution >= 0.6 is 0 Å². The zero-order valence-corrected chi connectivity index (χ0v) is 13.5. The van der Waals surface area contributed by atoms with Crippen molar-refractivity contribution in [1.82, 2.24) is 0 Å². The van der Waals surface area contributed by atoms with E-state index >= 15 is 0 Å². The number of hydrogen-bond donors (Lipinski definition) is 0. The van der Waals surface area contributed by atoms with Gasteiger partial charge in [-0.1, -0.05) is 66.1 Å². The topological polar surface area (TPSA) is 3.24 Å². The smallest absolute Gasteiger partial charge is 0.139 e. The van der Waals surface area contributed by atoms with Crippen LogP contribution in [0.3, 0.4) is 0 Å². The summed E-state index contributed by atoms with van der Waals surface area (Å²) in [6.45, 7) is 0. The van der Waals surface area contributed by atoms with Crippen LogP contribution in [0.2, 0.25) is 0 Å². The van der Waals surface area contributed by atoms with E-state index in [4.69, 9.17) is 0 Å². The van der Waals surface area contributed by atoms with Gasteiger partial charge in [0.25, 0.3) is 0 Å². The van der Waals surface area contributed by atoms with Gasteiger partial charge in [0.05, 0.1) is 11.4 Å². The average molecular weight is 305 g/mol. The number of hydrogen-bond acceptors (Lipinski definition) is 1. The molecule has 0 bridgehead atoms. The van der Waals surface area contributed by atoms with Crippen molar-refractivity contribution in [3.63, 3.8) is 0 Å². The maximum Gasteiger partial charge on any atom is 0.139 e. The van der Waals surface area contributed by atoms with Crippen LogP contribution in [0.5, 0.6) is 0 Å². The first-order chi connectivity index (χ1) is 11.8. The molecular formula is C22H16BN. The van der Waals surface area contributed by atoms with E-state index in [1.807, 2.05) is 0 Å². The summed E-state index contributed by atoms with van der Waals surface area (Å²) in [5.74, 6) is 0. The molecular weight excluding hydrogens is 289 g/mol. The Kier molecular flexibility index (Phi) is 2.80. The Labute approximate surface area is 142 Å². The van der Waals surface area contributed by atoms with Crippen LogP contribution in [-0.2, 0) is 0 Å². The monoisotopic (exact) mass is 305 g/mol. The van der Waals surface area contributed by atoms with Gasteiger partial charge in [0.1, 0.15) is 7.85 Å². The number of benzene rings is 4. The van der Waals surface area contributed by atoms with E-state index in [9.17, 15) is 0 Å². The number of rotatable bonds is 1. The summed E-state index contributed by atoms with van der Waals surface area (Å²) in [5.41, 5.74) is 7.63. The highest BCUT2D eigenvalue weighted by Gasteiger charge is 2.25. The van der Waals surface area contributed by atoms with E-state index in [-0.39, 0.29) is 0 Å². The number of para-hydroxylation sites is 1. The number of anilines is 3. The van der Waals surface area contributed by atoms with Crippen LogP contribution in [0.1, 0.15) is 0 Å². The standard InChI is InChI=1S/C22H16BN/c23-16-12-13-20-19(14-16)18-10-4-6-15-7-5-11-21(22(15)18)24(20)17-8-2-1-3-9-17/h1-14H,23H2. The Balaban J connectivity index is 1.95. The minimum Gasteiger partial charge on any atom is -0.309 e. The fraction of sp³-hybridized carbons (Fsp3) is 0. The molecule has 0 aromatic heterocycles. The average Bonchev–Trinajstić information content (AvgIpc) is 2.63. The highest BCUT2D eigenvalue weighted by molar-refractivity contribution is 6.33. The van der Waals surface area contributed by atoms with Gasteiger partial charge in [-0.2, -0.15) is 0 Å². The quantitative estimate of drug-likeness (QED) is 0.411. The molecule has 0 saturated carbocycles. The second kappa shape index (κ2) is 5.00. The van der Waals surface area contributed by atoms with Crippen LogP contribution in [0.15, 0.2) is 84.9 Å². The zero-order chi connectivity index (χ0) is 16.1. The summed E-state index contributed by atoms with van der Waals surface area (Å²) >= 11 is 0. The first kappa shape index (κ1) is 13.4. The molecule has 2 heteroatoms. The van der Waals surface area contributed by atoms with Crippen LogP contribution in [0.25, 0.3) is 21.9 Å². The summed E-state index contributed by atoms with van der Waals surface area (Å²) in [7, 11) is 2.16. The summed E-state index contributed by atoms with van der Waals surface area (Å²) in [6, 6.07) is 30.5. The first-order valence-electron chi connectivity index (χ1n) is 8.31. The lowest BCUT2D eigenvalue weighted by molar-refractivity contribution is 1.29. The lowest BCUT2D eigenvalue weighted by Crippen LogP contribution is -2.16. The molecule has 1 heterocycles. The Hall–Kier alpha value is -3.00. The molecule has 0 unspecified atom stereocenters. The van der Waals surface area contributed by atoms with E-state index in [0.29, 0.717) is 0 Å². The third-order valence-corrected chi connectivity index (χ3v) is 4.82. The van der Waals surface area contributed by atoms with Crippen LogP contribution in [-0.4, -0.2) is 7.85 Å². The van der Waals surface area contributed by atoms with Crippen molar-refractivity contribution < 1.29 is 0 Å². The molecule has 0 aliphatic carbocycles. The van der Waals surface area contributed by atoms with Gasteiger partial charge in [-0.3, -0.25) is 0 Å². The normalized spacial score (nSPS) is 12.2. The molecule has 24 heavy (non-hydrogen) atoms. The molecule has 112 valence electrons. The van der Waals surface area contributed by atoms with Crippen molar-refractivity contribution in [3.05, 3.63) is 84.9 Å². The molecule has 1 aliphatic heterocycles. The maximum atomic E-state index is 2.38. The van der Waals surface area contributed by atoms with E-state index in [0.717, 1.165) is 0 Å². The third-order valence-electron chi connectivity index (χ3n) is 4.82. The summed E-state index contributed by atoms with van der Waals surface area (Å²) in [5, 5.41) is 2.63. The molecule has 5 rings (SSSR count). The second-order valence-corrected chi connectivity index (χ2v) is 6.37. The third kappa shape index (κ3) is 1.83. The maximum absolute atomic E-state index is 2.38. The molecule has 0 amide bonds. The van der Waals surface area contributed by atoms with Gasteiger partial charge in [0.2, 0.25) is 0 Å². The SMILES string of the molecule is Bc1ccc2c(c1)-c1cccc3cccc(c13)N2c1ccccc1. The fourth-order valence-corrected chi connectivity index (χ4v) is 3.78. The Morgan fingerprint density at radius 1 is 0.625 bits per heavy atom. The van der Waals surface area contributed by atoms with Gasteiger partial charge < -0.3 is 4.90 Å².